The molecule has 0 bridgehead atoms. The molecule has 2 rings (SSSR count). The van der Waals surface area contributed by atoms with Gasteiger partial charge in [-0.25, -0.2) is 4.39 Å². The van der Waals surface area contributed by atoms with Crippen molar-refractivity contribution < 1.29 is 9.18 Å². The van der Waals surface area contributed by atoms with E-state index in [0.717, 1.165) is 12.0 Å². The van der Waals surface area contributed by atoms with Crippen LogP contribution in [0.4, 0.5) is 10.1 Å². The Hall–Kier alpha value is -1.38. The molecule has 74 valence electrons. The molecule has 0 saturated heterocycles. The lowest BCUT2D eigenvalue weighted by Crippen LogP contribution is -2.23. The van der Waals surface area contributed by atoms with Gasteiger partial charge in [0.15, 0.2) is 0 Å². The van der Waals surface area contributed by atoms with E-state index in [1.807, 2.05) is 6.92 Å². The van der Waals surface area contributed by atoms with Crippen molar-refractivity contribution in [3.05, 3.63) is 29.6 Å². The van der Waals surface area contributed by atoms with E-state index in [1.54, 1.807) is 13.1 Å². The van der Waals surface area contributed by atoms with Gasteiger partial charge >= 0.3 is 0 Å². The molecule has 1 atom stereocenters. The standard InChI is InChI=1S/C11H12FNO/c1-3-8-9-5-4-7(12)6-10(9)13(2)11(8)14/h4-6,8H,3H2,1-2H3. The molecule has 0 spiro atoms. The molecule has 14 heavy (non-hydrogen) atoms. The Morgan fingerprint density at radius 2 is 2.21 bits per heavy atom. The maximum Gasteiger partial charge on any atom is 0.234 e. The van der Waals surface area contributed by atoms with Crippen LogP contribution in [0.2, 0.25) is 0 Å². The van der Waals surface area contributed by atoms with Gasteiger partial charge in [-0.3, -0.25) is 4.79 Å². The molecule has 1 aliphatic rings. The van der Waals surface area contributed by atoms with Gasteiger partial charge in [-0.05, 0) is 24.1 Å². The van der Waals surface area contributed by atoms with Crippen molar-refractivity contribution in [3.63, 3.8) is 0 Å². The Labute approximate surface area is 82.3 Å². The first-order valence-corrected chi connectivity index (χ1v) is 4.72. The van der Waals surface area contributed by atoms with Gasteiger partial charge < -0.3 is 4.90 Å². The summed E-state index contributed by atoms with van der Waals surface area (Å²) in [5.74, 6) is -0.316. The number of amides is 1. The molecule has 0 N–H and O–H groups in total. The van der Waals surface area contributed by atoms with E-state index in [0.29, 0.717) is 5.69 Å². The minimum atomic E-state index is -0.292. The second-order valence-corrected chi connectivity index (χ2v) is 3.56. The Bertz CT molecular complexity index is 389. The lowest BCUT2D eigenvalue weighted by molar-refractivity contribution is -0.119. The molecule has 1 unspecified atom stereocenters. The first-order valence-electron chi connectivity index (χ1n) is 4.72. The number of fused-ring (bicyclic) bond motifs is 1. The summed E-state index contributed by atoms with van der Waals surface area (Å²) in [5.41, 5.74) is 1.66. The van der Waals surface area contributed by atoms with Crippen molar-refractivity contribution in [3.8, 4) is 0 Å². The average Bonchev–Trinajstić information content (AvgIpc) is 2.41. The van der Waals surface area contributed by atoms with E-state index in [1.165, 1.54) is 17.0 Å². The molecule has 0 saturated carbocycles. The van der Waals surface area contributed by atoms with E-state index in [9.17, 15) is 9.18 Å². The van der Waals surface area contributed by atoms with Crippen LogP contribution in [0.1, 0.15) is 24.8 Å². The summed E-state index contributed by atoms with van der Waals surface area (Å²) in [6, 6.07) is 4.54. The first-order chi connectivity index (χ1) is 6.65. The van der Waals surface area contributed by atoms with E-state index in [4.69, 9.17) is 0 Å². The van der Waals surface area contributed by atoms with Crippen molar-refractivity contribution in [1.82, 2.24) is 0 Å². The fourth-order valence-corrected chi connectivity index (χ4v) is 1.98. The number of halogens is 1. The van der Waals surface area contributed by atoms with E-state index >= 15 is 0 Å². The van der Waals surface area contributed by atoms with Crippen LogP contribution in [-0.2, 0) is 4.79 Å². The third-order valence-electron chi connectivity index (χ3n) is 2.77. The maximum atomic E-state index is 13.0. The maximum absolute atomic E-state index is 13.0. The normalized spacial score (nSPS) is 20.1. The van der Waals surface area contributed by atoms with Gasteiger partial charge in [0.25, 0.3) is 0 Å². The summed E-state index contributed by atoms with van der Waals surface area (Å²) < 4.78 is 13.0. The molecule has 3 heteroatoms. The molecular formula is C11H12FNO. The lowest BCUT2D eigenvalue weighted by atomic mass is 9.98. The summed E-state index contributed by atoms with van der Waals surface area (Å²) >= 11 is 0. The number of likely N-dealkylation sites (N-methyl/N-ethyl adjacent to an activating group) is 1. The SMILES string of the molecule is CCC1C(=O)N(C)c2cc(F)ccc21. The number of hydrogen-bond acceptors (Lipinski definition) is 1. The fraction of sp³-hybridized carbons (Fsp3) is 0.364. The van der Waals surface area contributed by atoms with Crippen molar-refractivity contribution in [2.45, 2.75) is 19.3 Å². The number of nitrogens with zero attached hydrogens (tertiary/aromatic N) is 1. The monoisotopic (exact) mass is 193 g/mol. The average molecular weight is 193 g/mol. The highest BCUT2D eigenvalue weighted by Crippen LogP contribution is 2.38. The van der Waals surface area contributed by atoms with Gasteiger partial charge in [-0.15, -0.1) is 0 Å². The zero-order valence-electron chi connectivity index (χ0n) is 8.25. The van der Waals surface area contributed by atoms with Crippen molar-refractivity contribution in [1.29, 1.82) is 0 Å². The van der Waals surface area contributed by atoms with Crippen molar-refractivity contribution >= 4 is 11.6 Å². The van der Waals surface area contributed by atoms with Gasteiger partial charge in [0.2, 0.25) is 5.91 Å². The van der Waals surface area contributed by atoms with Crippen LogP contribution >= 0.6 is 0 Å². The Balaban J connectivity index is 2.55. The molecule has 1 amide bonds. The highest BCUT2D eigenvalue weighted by molar-refractivity contribution is 6.04. The predicted octanol–water partition coefficient (Wildman–Crippen LogP) is 2.30. The highest BCUT2D eigenvalue weighted by atomic mass is 19.1. The summed E-state index contributed by atoms with van der Waals surface area (Å²) in [4.78, 5) is 13.2. The molecular weight excluding hydrogens is 181 g/mol. The second kappa shape index (κ2) is 3.08. The van der Waals surface area contributed by atoms with Gasteiger partial charge in [-0.2, -0.15) is 0 Å². The number of carbonyl (C=O) groups excluding carboxylic acids is 1. The largest absolute Gasteiger partial charge is 0.315 e. The summed E-state index contributed by atoms with van der Waals surface area (Å²) in [6.07, 6.45) is 0.766. The van der Waals surface area contributed by atoms with Crippen LogP contribution in [0.3, 0.4) is 0 Å². The molecule has 1 aromatic rings. The van der Waals surface area contributed by atoms with Crippen LogP contribution in [0.15, 0.2) is 18.2 Å². The third-order valence-corrected chi connectivity index (χ3v) is 2.77. The van der Waals surface area contributed by atoms with Crippen LogP contribution in [-0.4, -0.2) is 13.0 Å². The summed E-state index contributed by atoms with van der Waals surface area (Å²) in [5, 5.41) is 0. The number of benzene rings is 1. The quantitative estimate of drug-likeness (QED) is 0.670. The lowest BCUT2D eigenvalue weighted by Gasteiger charge is -2.09. The van der Waals surface area contributed by atoms with Crippen molar-refractivity contribution in [2.75, 3.05) is 11.9 Å². The smallest absolute Gasteiger partial charge is 0.234 e. The topological polar surface area (TPSA) is 20.3 Å². The number of rotatable bonds is 1. The molecule has 0 aromatic heterocycles. The van der Waals surface area contributed by atoms with Gasteiger partial charge in [-0.1, -0.05) is 13.0 Å². The number of anilines is 1. The van der Waals surface area contributed by atoms with Crippen LogP contribution < -0.4 is 4.90 Å². The summed E-state index contributed by atoms with van der Waals surface area (Å²) in [7, 11) is 1.69. The molecule has 0 radical (unpaired) electrons. The molecule has 1 heterocycles. The predicted molar refractivity (Wildman–Crippen MR) is 52.8 cm³/mol. The Morgan fingerprint density at radius 3 is 2.86 bits per heavy atom. The van der Waals surface area contributed by atoms with E-state index in [2.05, 4.69) is 0 Å². The van der Waals surface area contributed by atoms with Crippen molar-refractivity contribution in [2.24, 2.45) is 0 Å². The van der Waals surface area contributed by atoms with Crippen LogP contribution in [0.25, 0.3) is 0 Å². The zero-order valence-corrected chi connectivity index (χ0v) is 8.25. The van der Waals surface area contributed by atoms with Gasteiger partial charge in [0, 0.05) is 7.05 Å². The number of carbonyl (C=O) groups is 1. The van der Waals surface area contributed by atoms with Crippen LogP contribution in [0.5, 0.6) is 0 Å². The Kier molecular flexibility index (Phi) is 2.02. The summed E-state index contributed by atoms with van der Waals surface area (Å²) in [6.45, 7) is 1.97. The minimum Gasteiger partial charge on any atom is -0.315 e. The van der Waals surface area contributed by atoms with E-state index < -0.39 is 0 Å². The van der Waals surface area contributed by atoms with Gasteiger partial charge in [0.05, 0.1) is 11.6 Å². The van der Waals surface area contributed by atoms with Crippen LogP contribution in [0, 0.1) is 5.82 Å². The van der Waals surface area contributed by atoms with Gasteiger partial charge in [0.1, 0.15) is 5.82 Å². The molecule has 2 nitrogen and oxygen atoms in total. The molecule has 0 fully saturated rings. The first kappa shape index (κ1) is 9.19. The second-order valence-electron chi connectivity index (χ2n) is 3.56. The van der Waals surface area contributed by atoms with E-state index in [-0.39, 0.29) is 17.6 Å². The number of hydrogen-bond donors (Lipinski definition) is 0. The fourth-order valence-electron chi connectivity index (χ4n) is 1.98. The molecule has 0 aliphatic carbocycles. The highest BCUT2D eigenvalue weighted by Gasteiger charge is 2.33. The Morgan fingerprint density at radius 1 is 1.50 bits per heavy atom. The zero-order chi connectivity index (χ0) is 10.3. The molecule has 1 aromatic carbocycles. The molecule has 1 aliphatic heterocycles. The third kappa shape index (κ3) is 1.12. The minimum absolute atomic E-state index is 0.0631.